The van der Waals surface area contributed by atoms with Gasteiger partial charge in [-0.3, -0.25) is 0 Å². The van der Waals surface area contributed by atoms with Crippen LogP contribution < -0.4 is 0 Å². The van der Waals surface area contributed by atoms with Gasteiger partial charge in [0.05, 0.1) is 11.8 Å². The van der Waals surface area contributed by atoms with Gasteiger partial charge < -0.3 is 9.64 Å². The van der Waals surface area contributed by atoms with E-state index in [1.54, 1.807) is 6.08 Å². The second-order valence-electron chi connectivity index (χ2n) is 4.70. The molecule has 0 aromatic carbocycles. The highest BCUT2D eigenvalue weighted by molar-refractivity contribution is 5.27. The molecule has 2 heterocycles. The molecule has 3 nitrogen and oxygen atoms in total. The minimum absolute atomic E-state index is 0.174. The molecule has 0 aromatic heterocycles. The van der Waals surface area contributed by atoms with Gasteiger partial charge in [-0.25, -0.2) is 0 Å². The standard InChI is InChI=1S/C11H16N2O/c1-10(2)9(5-7-12)13-8-4-6-11(13,3)14-10/h5H,4,6,8H2,1-3H3/b9-5-. The molecule has 0 aromatic rings. The molecule has 1 atom stereocenters. The molecule has 2 fully saturated rings. The number of nitrogens with zero attached hydrogens (tertiary/aromatic N) is 2. The summed E-state index contributed by atoms with van der Waals surface area (Å²) in [4.78, 5) is 2.23. The van der Waals surface area contributed by atoms with Crippen LogP contribution in [0.25, 0.3) is 0 Å². The fourth-order valence-corrected chi connectivity index (χ4v) is 2.66. The zero-order chi connectivity index (χ0) is 10.4. The van der Waals surface area contributed by atoms with Crippen LogP contribution >= 0.6 is 0 Å². The van der Waals surface area contributed by atoms with Crippen molar-refractivity contribution in [3.8, 4) is 6.07 Å². The van der Waals surface area contributed by atoms with E-state index in [1.165, 1.54) is 0 Å². The first-order chi connectivity index (χ1) is 6.49. The lowest BCUT2D eigenvalue weighted by Crippen LogP contribution is -2.35. The first-order valence-corrected chi connectivity index (χ1v) is 5.08. The normalized spacial score (nSPS) is 37.3. The van der Waals surface area contributed by atoms with Gasteiger partial charge in [0.25, 0.3) is 0 Å². The van der Waals surface area contributed by atoms with E-state index < -0.39 is 0 Å². The summed E-state index contributed by atoms with van der Waals surface area (Å²) >= 11 is 0. The zero-order valence-electron chi connectivity index (χ0n) is 9.00. The molecule has 2 rings (SSSR count). The summed E-state index contributed by atoms with van der Waals surface area (Å²) in [6.07, 6.45) is 3.82. The van der Waals surface area contributed by atoms with E-state index in [-0.39, 0.29) is 11.3 Å². The molecule has 0 amide bonds. The molecule has 0 aliphatic carbocycles. The number of fused-ring (bicyclic) bond motifs is 1. The van der Waals surface area contributed by atoms with E-state index in [0.29, 0.717) is 0 Å². The number of ether oxygens (including phenoxy) is 1. The summed E-state index contributed by atoms with van der Waals surface area (Å²) in [7, 11) is 0. The molecule has 0 radical (unpaired) electrons. The highest BCUT2D eigenvalue weighted by Gasteiger charge is 2.52. The van der Waals surface area contributed by atoms with Crippen molar-refractivity contribution in [2.24, 2.45) is 0 Å². The van der Waals surface area contributed by atoms with E-state index in [1.807, 2.05) is 13.8 Å². The average Bonchev–Trinajstić information content (AvgIpc) is 2.47. The number of nitriles is 1. The maximum Gasteiger partial charge on any atom is 0.139 e. The summed E-state index contributed by atoms with van der Waals surface area (Å²) < 4.78 is 6.03. The Morgan fingerprint density at radius 2 is 2.21 bits per heavy atom. The fourth-order valence-electron chi connectivity index (χ4n) is 2.66. The summed E-state index contributed by atoms with van der Waals surface area (Å²) in [5.74, 6) is 0. The van der Waals surface area contributed by atoms with Gasteiger partial charge in [-0.05, 0) is 33.6 Å². The van der Waals surface area contributed by atoms with Crippen LogP contribution in [-0.4, -0.2) is 22.8 Å². The smallest absolute Gasteiger partial charge is 0.139 e. The molecule has 76 valence electrons. The topological polar surface area (TPSA) is 36.3 Å². The molecular weight excluding hydrogens is 176 g/mol. The van der Waals surface area contributed by atoms with Crippen LogP contribution in [0.15, 0.2) is 11.8 Å². The minimum Gasteiger partial charge on any atom is -0.344 e. The molecule has 0 saturated carbocycles. The van der Waals surface area contributed by atoms with Crippen LogP contribution in [0.3, 0.4) is 0 Å². The van der Waals surface area contributed by atoms with Gasteiger partial charge in [-0.1, -0.05) is 0 Å². The van der Waals surface area contributed by atoms with Gasteiger partial charge in [0.2, 0.25) is 0 Å². The predicted molar refractivity (Wildman–Crippen MR) is 53.2 cm³/mol. The monoisotopic (exact) mass is 192 g/mol. The van der Waals surface area contributed by atoms with Crippen molar-refractivity contribution in [2.45, 2.75) is 44.9 Å². The lowest BCUT2D eigenvalue weighted by atomic mass is 10.1. The van der Waals surface area contributed by atoms with Crippen molar-refractivity contribution in [3.05, 3.63) is 11.8 Å². The van der Waals surface area contributed by atoms with E-state index in [9.17, 15) is 0 Å². The molecule has 0 spiro atoms. The summed E-state index contributed by atoms with van der Waals surface area (Å²) in [6, 6.07) is 2.11. The molecule has 0 N–H and O–H groups in total. The largest absolute Gasteiger partial charge is 0.344 e. The molecule has 2 aliphatic heterocycles. The summed E-state index contributed by atoms with van der Waals surface area (Å²) in [6.45, 7) is 7.17. The van der Waals surface area contributed by atoms with Crippen LogP contribution in [0, 0.1) is 11.3 Å². The van der Waals surface area contributed by atoms with Gasteiger partial charge in [0, 0.05) is 12.6 Å². The Bertz CT molecular complexity index is 327. The molecule has 14 heavy (non-hydrogen) atoms. The Morgan fingerprint density at radius 1 is 1.50 bits per heavy atom. The highest BCUT2D eigenvalue weighted by atomic mass is 16.6. The second-order valence-corrected chi connectivity index (χ2v) is 4.70. The molecule has 0 bridgehead atoms. The first kappa shape index (κ1) is 9.54. The third-order valence-corrected chi connectivity index (χ3v) is 3.18. The van der Waals surface area contributed by atoms with Crippen LogP contribution in [0.2, 0.25) is 0 Å². The van der Waals surface area contributed by atoms with Gasteiger partial charge in [-0.2, -0.15) is 5.26 Å². The number of rotatable bonds is 0. The van der Waals surface area contributed by atoms with Crippen molar-refractivity contribution in [2.75, 3.05) is 6.54 Å². The Kier molecular flexibility index (Phi) is 1.87. The molecule has 2 aliphatic rings. The van der Waals surface area contributed by atoms with Gasteiger partial charge in [0.1, 0.15) is 11.3 Å². The number of hydrogen-bond donors (Lipinski definition) is 0. The van der Waals surface area contributed by atoms with Crippen LogP contribution in [0.1, 0.15) is 33.6 Å². The van der Waals surface area contributed by atoms with E-state index in [0.717, 1.165) is 25.1 Å². The second kappa shape index (κ2) is 2.74. The Hall–Kier alpha value is -1.01. The third-order valence-electron chi connectivity index (χ3n) is 3.18. The minimum atomic E-state index is -0.315. The van der Waals surface area contributed by atoms with Crippen molar-refractivity contribution in [1.82, 2.24) is 4.90 Å². The van der Waals surface area contributed by atoms with Crippen molar-refractivity contribution >= 4 is 0 Å². The molecule has 1 unspecified atom stereocenters. The van der Waals surface area contributed by atoms with E-state index in [2.05, 4.69) is 17.9 Å². The van der Waals surface area contributed by atoms with Crippen molar-refractivity contribution in [1.29, 1.82) is 5.26 Å². The Balaban J connectivity index is 2.41. The molecule has 3 heteroatoms. The molecular formula is C11H16N2O. The van der Waals surface area contributed by atoms with Crippen molar-refractivity contribution < 1.29 is 4.74 Å². The lowest BCUT2D eigenvalue weighted by Gasteiger charge is -2.27. The fraction of sp³-hybridized carbons (Fsp3) is 0.727. The number of hydrogen-bond acceptors (Lipinski definition) is 3. The van der Waals surface area contributed by atoms with Gasteiger partial charge in [-0.15, -0.1) is 0 Å². The SMILES string of the molecule is CC1(C)OC2(C)CCCN2/C1=C\C#N. The predicted octanol–water partition coefficient (Wildman–Crippen LogP) is 2.01. The van der Waals surface area contributed by atoms with E-state index >= 15 is 0 Å². The van der Waals surface area contributed by atoms with Gasteiger partial charge in [0.15, 0.2) is 0 Å². The maximum atomic E-state index is 8.75. The maximum absolute atomic E-state index is 8.75. The number of allylic oxidation sites excluding steroid dienone is 1. The Morgan fingerprint density at radius 3 is 2.86 bits per heavy atom. The van der Waals surface area contributed by atoms with Crippen LogP contribution in [0.4, 0.5) is 0 Å². The quantitative estimate of drug-likeness (QED) is 0.551. The van der Waals surface area contributed by atoms with E-state index in [4.69, 9.17) is 10.00 Å². The average molecular weight is 192 g/mol. The summed E-state index contributed by atoms with van der Waals surface area (Å²) in [5, 5.41) is 8.75. The molecule has 2 saturated heterocycles. The Labute approximate surface area is 85.0 Å². The lowest BCUT2D eigenvalue weighted by molar-refractivity contribution is -0.102. The van der Waals surface area contributed by atoms with Crippen LogP contribution in [-0.2, 0) is 4.74 Å². The summed E-state index contributed by atoms with van der Waals surface area (Å²) in [5.41, 5.74) is 0.539. The first-order valence-electron chi connectivity index (χ1n) is 5.08. The highest BCUT2D eigenvalue weighted by Crippen LogP contribution is 2.47. The van der Waals surface area contributed by atoms with Crippen molar-refractivity contribution in [3.63, 3.8) is 0 Å². The third kappa shape index (κ3) is 1.14. The van der Waals surface area contributed by atoms with Crippen LogP contribution in [0.5, 0.6) is 0 Å². The van der Waals surface area contributed by atoms with Gasteiger partial charge >= 0.3 is 0 Å². The zero-order valence-corrected chi connectivity index (χ0v) is 9.00.